The Kier molecular flexibility index (Phi) is 4.01. The van der Waals surface area contributed by atoms with Crippen molar-refractivity contribution in [2.24, 2.45) is 0 Å². The molecule has 1 aromatic rings. The second-order valence-electron chi connectivity index (χ2n) is 4.20. The first kappa shape index (κ1) is 12.6. The molecule has 0 aromatic heterocycles. The van der Waals surface area contributed by atoms with Gasteiger partial charge >= 0.3 is 0 Å². The highest BCUT2D eigenvalue weighted by molar-refractivity contribution is 5.59. The van der Waals surface area contributed by atoms with E-state index >= 15 is 0 Å². The van der Waals surface area contributed by atoms with E-state index in [4.69, 9.17) is 10.5 Å². The van der Waals surface area contributed by atoms with Crippen LogP contribution in [-0.4, -0.2) is 24.4 Å². The van der Waals surface area contributed by atoms with Crippen molar-refractivity contribution in [1.82, 2.24) is 0 Å². The molecule has 4 nitrogen and oxygen atoms in total. The predicted octanol–water partition coefficient (Wildman–Crippen LogP) is 1.85. The Hall–Kier alpha value is -1.42. The molecule has 4 N–H and O–H groups in total. The van der Waals surface area contributed by atoms with Gasteiger partial charge in [0.15, 0.2) is 0 Å². The Morgan fingerprint density at radius 3 is 2.69 bits per heavy atom. The number of nitrogen functional groups attached to an aromatic ring is 1. The summed E-state index contributed by atoms with van der Waals surface area (Å²) in [6, 6.07) is 5.42. The zero-order valence-electron chi connectivity index (χ0n) is 10.1. The highest BCUT2D eigenvalue weighted by atomic mass is 16.5. The van der Waals surface area contributed by atoms with Gasteiger partial charge in [0.25, 0.3) is 0 Å². The first-order chi connectivity index (χ1) is 7.46. The zero-order valence-corrected chi connectivity index (χ0v) is 10.1. The molecule has 90 valence electrons. The maximum atomic E-state index is 9.86. The Morgan fingerprint density at radius 1 is 1.44 bits per heavy atom. The van der Waals surface area contributed by atoms with Crippen molar-refractivity contribution in [3.05, 3.63) is 18.2 Å². The number of anilines is 2. The molecule has 1 aromatic carbocycles. The molecule has 1 atom stereocenters. The Balaban J connectivity index is 2.70. The van der Waals surface area contributed by atoms with Gasteiger partial charge < -0.3 is 20.9 Å². The van der Waals surface area contributed by atoms with Crippen LogP contribution in [0.3, 0.4) is 0 Å². The van der Waals surface area contributed by atoms with Crippen molar-refractivity contribution >= 4 is 11.4 Å². The van der Waals surface area contributed by atoms with Crippen LogP contribution in [0.25, 0.3) is 0 Å². The van der Waals surface area contributed by atoms with Gasteiger partial charge in [-0.2, -0.15) is 0 Å². The van der Waals surface area contributed by atoms with Crippen molar-refractivity contribution in [1.29, 1.82) is 0 Å². The molecule has 0 heterocycles. The number of rotatable bonds is 5. The van der Waals surface area contributed by atoms with Crippen LogP contribution in [0.1, 0.15) is 20.3 Å². The molecule has 0 aliphatic carbocycles. The Bertz CT molecular complexity index is 351. The summed E-state index contributed by atoms with van der Waals surface area (Å²) in [5.74, 6) is 0.707. The number of methoxy groups -OCH3 is 1. The fourth-order valence-corrected chi connectivity index (χ4v) is 1.26. The quantitative estimate of drug-likeness (QED) is 0.668. The van der Waals surface area contributed by atoms with Gasteiger partial charge in [0.2, 0.25) is 0 Å². The number of hydrogen-bond donors (Lipinski definition) is 3. The monoisotopic (exact) mass is 224 g/mol. The molecule has 0 fully saturated rings. The van der Waals surface area contributed by atoms with Crippen LogP contribution in [0.15, 0.2) is 18.2 Å². The second kappa shape index (κ2) is 5.07. The highest BCUT2D eigenvalue weighted by Crippen LogP contribution is 2.22. The summed E-state index contributed by atoms with van der Waals surface area (Å²) in [5, 5.41) is 13.0. The fourth-order valence-electron chi connectivity index (χ4n) is 1.26. The van der Waals surface area contributed by atoms with Crippen LogP contribution < -0.4 is 15.8 Å². The third kappa shape index (κ3) is 3.62. The topological polar surface area (TPSA) is 67.5 Å². The van der Waals surface area contributed by atoms with Gasteiger partial charge in [0, 0.05) is 30.1 Å². The maximum Gasteiger partial charge on any atom is 0.122 e. The van der Waals surface area contributed by atoms with Gasteiger partial charge in [-0.15, -0.1) is 0 Å². The van der Waals surface area contributed by atoms with Crippen molar-refractivity contribution in [2.75, 3.05) is 24.7 Å². The molecule has 4 heteroatoms. The van der Waals surface area contributed by atoms with E-state index in [0.29, 0.717) is 24.4 Å². The third-order valence-electron chi connectivity index (χ3n) is 2.60. The van der Waals surface area contributed by atoms with Crippen LogP contribution in [0.2, 0.25) is 0 Å². The van der Waals surface area contributed by atoms with Crippen LogP contribution in [0.5, 0.6) is 5.75 Å². The molecule has 0 saturated carbocycles. The lowest BCUT2D eigenvalue weighted by Gasteiger charge is -2.22. The molecule has 16 heavy (non-hydrogen) atoms. The standard InChI is InChI=1S/C12H20N2O2/c1-4-12(2,15)8-14-10-5-9(13)6-11(7-10)16-3/h5-7,14-15H,4,8,13H2,1-3H3. The minimum atomic E-state index is -0.710. The average Bonchev–Trinajstić information content (AvgIpc) is 2.26. The summed E-state index contributed by atoms with van der Waals surface area (Å²) in [4.78, 5) is 0. The molecule has 0 spiro atoms. The van der Waals surface area contributed by atoms with E-state index in [1.54, 1.807) is 20.1 Å². The van der Waals surface area contributed by atoms with Crippen LogP contribution in [0, 0.1) is 0 Å². The van der Waals surface area contributed by atoms with E-state index < -0.39 is 5.60 Å². The molecule has 0 aliphatic heterocycles. The number of benzene rings is 1. The van der Waals surface area contributed by atoms with Crippen molar-refractivity contribution in [3.63, 3.8) is 0 Å². The van der Waals surface area contributed by atoms with Gasteiger partial charge in [-0.05, 0) is 19.4 Å². The summed E-state index contributed by atoms with van der Waals surface area (Å²) in [6.45, 7) is 4.22. The first-order valence-corrected chi connectivity index (χ1v) is 5.37. The van der Waals surface area contributed by atoms with E-state index in [2.05, 4.69) is 5.32 Å². The van der Waals surface area contributed by atoms with Gasteiger partial charge in [-0.3, -0.25) is 0 Å². The summed E-state index contributed by atoms with van der Waals surface area (Å²) >= 11 is 0. The number of hydrogen-bond acceptors (Lipinski definition) is 4. The number of aliphatic hydroxyl groups is 1. The van der Waals surface area contributed by atoms with E-state index in [1.165, 1.54) is 0 Å². The smallest absolute Gasteiger partial charge is 0.122 e. The minimum Gasteiger partial charge on any atom is -0.497 e. The SMILES string of the molecule is CCC(C)(O)CNc1cc(N)cc(OC)c1. The average molecular weight is 224 g/mol. The van der Waals surface area contributed by atoms with E-state index in [0.717, 1.165) is 5.69 Å². The Labute approximate surface area is 96.4 Å². The van der Waals surface area contributed by atoms with Crippen molar-refractivity contribution in [2.45, 2.75) is 25.9 Å². The summed E-state index contributed by atoms with van der Waals surface area (Å²) in [5.41, 5.74) is 6.50. The van der Waals surface area contributed by atoms with Gasteiger partial charge in [-0.1, -0.05) is 6.92 Å². The van der Waals surface area contributed by atoms with Gasteiger partial charge in [0.05, 0.1) is 12.7 Å². The Morgan fingerprint density at radius 2 is 2.12 bits per heavy atom. The normalized spacial score (nSPS) is 14.2. The summed E-state index contributed by atoms with van der Waals surface area (Å²) in [6.07, 6.45) is 0.694. The molecule has 0 amide bonds. The molecule has 0 aliphatic rings. The zero-order chi connectivity index (χ0) is 12.2. The number of nitrogens with two attached hydrogens (primary N) is 1. The lowest BCUT2D eigenvalue weighted by atomic mass is 10.0. The number of nitrogens with one attached hydrogen (secondary N) is 1. The van der Waals surface area contributed by atoms with Gasteiger partial charge in [0.1, 0.15) is 5.75 Å². The lowest BCUT2D eigenvalue weighted by molar-refractivity contribution is 0.0697. The van der Waals surface area contributed by atoms with E-state index in [1.807, 2.05) is 19.1 Å². The number of ether oxygens (including phenoxy) is 1. The van der Waals surface area contributed by atoms with Crippen molar-refractivity contribution < 1.29 is 9.84 Å². The molecule has 0 radical (unpaired) electrons. The molecular formula is C12H20N2O2. The fraction of sp³-hybridized carbons (Fsp3) is 0.500. The highest BCUT2D eigenvalue weighted by Gasteiger charge is 2.16. The lowest BCUT2D eigenvalue weighted by Crippen LogP contribution is -2.32. The molecule has 0 saturated heterocycles. The molecule has 1 unspecified atom stereocenters. The third-order valence-corrected chi connectivity index (χ3v) is 2.60. The van der Waals surface area contributed by atoms with Gasteiger partial charge in [-0.25, -0.2) is 0 Å². The molecule has 0 bridgehead atoms. The predicted molar refractivity (Wildman–Crippen MR) is 66.8 cm³/mol. The van der Waals surface area contributed by atoms with Crippen LogP contribution >= 0.6 is 0 Å². The van der Waals surface area contributed by atoms with Crippen molar-refractivity contribution in [3.8, 4) is 5.75 Å². The summed E-state index contributed by atoms with van der Waals surface area (Å²) < 4.78 is 5.11. The van der Waals surface area contributed by atoms with Crippen LogP contribution in [0.4, 0.5) is 11.4 Å². The first-order valence-electron chi connectivity index (χ1n) is 5.37. The maximum absolute atomic E-state index is 9.86. The molecule has 1 rings (SSSR count). The van der Waals surface area contributed by atoms with E-state index in [-0.39, 0.29) is 0 Å². The largest absolute Gasteiger partial charge is 0.497 e. The summed E-state index contributed by atoms with van der Waals surface area (Å²) in [7, 11) is 1.60. The second-order valence-corrected chi connectivity index (χ2v) is 4.20. The van der Waals surface area contributed by atoms with E-state index in [9.17, 15) is 5.11 Å². The molecular weight excluding hydrogens is 204 g/mol. The van der Waals surface area contributed by atoms with Crippen LogP contribution in [-0.2, 0) is 0 Å². The minimum absolute atomic E-state index is 0.482.